The summed E-state index contributed by atoms with van der Waals surface area (Å²) in [6.07, 6.45) is 4.92. The van der Waals surface area contributed by atoms with E-state index in [1.54, 1.807) is 12.1 Å². The molecular formula is C24H30N6O3S2. The molecule has 0 bridgehead atoms. The van der Waals surface area contributed by atoms with Gasteiger partial charge in [-0.2, -0.15) is 4.37 Å². The molecule has 2 aromatic carbocycles. The maximum atomic E-state index is 12.9. The lowest BCUT2D eigenvalue weighted by atomic mass is 10.0. The molecule has 1 saturated heterocycles. The minimum absolute atomic E-state index is 0. The number of sulfonamides is 1. The van der Waals surface area contributed by atoms with E-state index in [4.69, 9.17) is 0 Å². The van der Waals surface area contributed by atoms with Gasteiger partial charge in [-0.1, -0.05) is 18.2 Å². The predicted octanol–water partition coefficient (Wildman–Crippen LogP) is 4.13. The molecular weight excluding hydrogens is 484 g/mol. The van der Waals surface area contributed by atoms with Crippen LogP contribution < -0.4 is 14.9 Å². The second kappa shape index (κ2) is 9.67. The van der Waals surface area contributed by atoms with Crippen LogP contribution in [0, 0.1) is 0 Å². The van der Waals surface area contributed by atoms with Gasteiger partial charge in [0.15, 0.2) is 0 Å². The Hall–Kier alpha value is -3.44. The van der Waals surface area contributed by atoms with Crippen LogP contribution in [0.1, 0.15) is 28.7 Å². The highest BCUT2D eigenvalue weighted by molar-refractivity contribution is 7.93. The normalized spacial score (nSPS) is 15.7. The number of benzene rings is 2. The molecule has 5 rings (SSSR count). The van der Waals surface area contributed by atoms with Crippen LogP contribution in [0.15, 0.2) is 72.0 Å². The SMILES string of the molecule is C[C@@H](C(=O)NC1CCN(c2ccc(S(=O)(=O)Nc3ncns3)cc2)CC1)n1ccc2ccccc21.[HH].[HH]. The second-order valence-corrected chi connectivity index (χ2v) is 11.0. The van der Waals surface area contributed by atoms with Crippen molar-refractivity contribution in [2.45, 2.75) is 36.7 Å². The molecule has 1 fully saturated rings. The molecule has 4 aromatic rings. The number of piperidine rings is 1. The molecule has 1 atom stereocenters. The molecule has 1 amide bonds. The second-order valence-electron chi connectivity index (χ2n) is 8.57. The first-order valence-corrected chi connectivity index (χ1v) is 13.7. The molecule has 1 aliphatic heterocycles. The summed E-state index contributed by atoms with van der Waals surface area (Å²) < 4.78 is 33.3. The quantitative estimate of drug-likeness (QED) is 0.384. The fourth-order valence-corrected chi connectivity index (χ4v) is 6.06. The van der Waals surface area contributed by atoms with Crippen LogP contribution in [-0.4, -0.2) is 47.4 Å². The van der Waals surface area contributed by atoms with Gasteiger partial charge in [0.05, 0.1) is 4.90 Å². The first kappa shape index (κ1) is 23.3. The van der Waals surface area contributed by atoms with Crippen molar-refractivity contribution in [3.05, 3.63) is 67.1 Å². The molecule has 0 radical (unpaired) electrons. The molecule has 35 heavy (non-hydrogen) atoms. The molecule has 0 aliphatic carbocycles. The van der Waals surface area contributed by atoms with Crippen LogP contribution in [0.5, 0.6) is 0 Å². The third-order valence-corrected chi connectivity index (χ3v) is 8.43. The van der Waals surface area contributed by atoms with E-state index in [9.17, 15) is 13.2 Å². The van der Waals surface area contributed by atoms with Crippen molar-refractivity contribution in [2.75, 3.05) is 22.7 Å². The van der Waals surface area contributed by atoms with E-state index in [0.717, 1.165) is 54.1 Å². The van der Waals surface area contributed by atoms with Crippen LogP contribution >= 0.6 is 11.5 Å². The Labute approximate surface area is 211 Å². The van der Waals surface area contributed by atoms with Crippen LogP contribution in [-0.2, 0) is 14.8 Å². The summed E-state index contributed by atoms with van der Waals surface area (Å²) in [5.74, 6) is 0.0160. The maximum absolute atomic E-state index is 12.9. The lowest BCUT2D eigenvalue weighted by Crippen LogP contribution is -2.46. The highest BCUT2D eigenvalue weighted by Gasteiger charge is 2.24. The number of nitrogens with zero attached hydrogens (tertiary/aromatic N) is 4. The summed E-state index contributed by atoms with van der Waals surface area (Å²) in [5.41, 5.74) is 2.01. The van der Waals surface area contributed by atoms with Gasteiger partial charge in [-0.3, -0.25) is 9.52 Å². The summed E-state index contributed by atoms with van der Waals surface area (Å²) in [7, 11) is -3.70. The van der Waals surface area contributed by atoms with E-state index in [0.29, 0.717) is 0 Å². The Balaban J connectivity index is 0.00000190. The molecule has 186 valence electrons. The average molecular weight is 515 g/mol. The van der Waals surface area contributed by atoms with E-state index in [1.807, 2.05) is 60.2 Å². The number of nitrogens with one attached hydrogen (secondary N) is 2. The molecule has 3 heterocycles. The van der Waals surface area contributed by atoms with Crippen LogP contribution in [0.3, 0.4) is 0 Å². The molecule has 0 spiro atoms. The zero-order valence-corrected chi connectivity index (χ0v) is 20.8. The van der Waals surface area contributed by atoms with Gasteiger partial charge in [-0.05, 0) is 61.5 Å². The van der Waals surface area contributed by atoms with Gasteiger partial charge in [0.2, 0.25) is 11.0 Å². The van der Waals surface area contributed by atoms with E-state index >= 15 is 0 Å². The number of hydrogen-bond donors (Lipinski definition) is 2. The number of rotatable bonds is 7. The minimum Gasteiger partial charge on any atom is -0.371 e. The topological polar surface area (TPSA) is 109 Å². The Bertz CT molecular complexity index is 1420. The minimum atomic E-state index is -3.70. The van der Waals surface area contributed by atoms with Crippen molar-refractivity contribution in [1.82, 2.24) is 19.2 Å². The fraction of sp³-hybridized carbons (Fsp3) is 0.292. The Kier molecular flexibility index (Phi) is 6.44. The standard InChI is InChI=1S/C24H26N6O3S2.2H2/c1-17(30-15-10-18-4-2-3-5-22(18)30)23(31)27-19-11-13-29(14-12-19)20-6-8-21(9-7-20)35(32,33)28-24-25-16-26-34-24;;/h2-10,15-17,19H,11-14H2,1H3,(H,27,31)(H,25,26,28);2*1H/t17-;;/m0../s1. The summed E-state index contributed by atoms with van der Waals surface area (Å²) in [6, 6.07) is 16.7. The van der Waals surface area contributed by atoms with Gasteiger partial charge in [0.1, 0.15) is 12.4 Å². The molecule has 0 saturated carbocycles. The summed E-state index contributed by atoms with van der Waals surface area (Å²) in [5, 5.41) is 4.56. The van der Waals surface area contributed by atoms with Crippen molar-refractivity contribution in [2.24, 2.45) is 0 Å². The van der Waals surface area contributed by atoms with Gasteiger partial charge in [0.25, 0.3) is 10.0 Å². The molecule has 11 heteroatoms. The Morgan fingerprint density at radius 3 is 2.57 bits per heavy atom. The summed E-state index contributed by atoms with van der Waals surface area (Å²) in [6.45, 7) is 3.48. The predicted molar refractivity (Wildman–Crippen MR) is 141 cm³/mol. The number of carbonyl (C=O) groups excluding carboxylic acids is 1. The number of para-hydroxylation sites is 1. The van der Waals surface area contributed by atoms with Gasteiger partial charge in [-0.15, -0.1) is 0 Å². The summed E-state index contributed by atoms with van der Waals surface area (Å²) in [4.78, 5) is 19.2. The first-order valence-electron chi connectivity index (χ1n) is 11.4. The van der Waals surface area contributed by atoms with Gasteiger partial charge in [0, 0.05) is 50.9 Å². The number of aromatic nitrogens is 3. The zero-order chi connectivity index (χ0) is 24.4. The van der Waals surface area contributed by atoms with Crippen molar-refractivity contribution in [1.29, 1.82) is 0 Å². The highest BCUT2D eigenvalue weighted by Crippen LogP contribution is 2.24. The monoisotopic (exact) mass is 514 g/mol. The fourth-order valence-electron chi connectivity index (χ4n) is 4.40. The van der Waals surface area contributed by atoms with E-state index in [-0.39, 0.29) is 30.9 Å². The maximum Gasteiger partial charge on any atom is 0.263 e. The van der Waals surface area contributed by atoms with E-state index in [2.05, 4.69) is 24.3 Å². The number of hydrogen-bond acceptors (Lipinski definition) is 7. The molecule has 1 aliphatic rings. The van der Waals surface area contributed by atoms with Gasteiger partial charge >= 0.3 is 0 Å². The van der Waals surface area contributed by atoms with Crippen molar-refractivity contribution in [3.63, 3.8) is 0 Å². The van der Waals surface area contributed by atoms with E-state index < -0.39 is 10.0 Å². The zero-order valence-electron chi connectivity index (χ0n) is 19.2. The molecule has 9 nitrogen and oxygen atoms in total. The smallest absolute Gasteiger partial charge is 0.263 e. The number of carbonyl (C=O) groups is 1. The lowest BCUT2D eigenvalue weighted by Gasteiger charge is -2.34. The first-order chi connectivity index (χ1) is 16.9. The van der Waals surface area contributed by atoms with Crippen LogP contribution in [0.25, 0.3) is 10.9 Å². The Morgan fingerprint density at radius 2 is 1.86 bits per heavy atom. The van der Waals surface area contributed by atoms with E-state index in [1.165, 1.54) is 6.33 Å². The molecule has 2 aromatic heterocycles. The highest BCUT2D eigenvalue weighted by atomic mass is 32.2. The number of anilines is 2. The molecule has 0 unspecified atom stereocenters. The van der Waals surface area contributed by atoms with Gasteiger partial charge < -0.3 is 14.8 Å². The summed E-state index contributed by atoms with van der Waals surface area (Å²) >= 11 is 0.985. The van der Waals surface area contributed by atoms with Crippen LogP contribution in [0.4, 0.5) is 10.8 Å². The van der Waals surface area contributed by atoms with Crippen molar-refractivity contribution < 1.29 is 16.1 Å². The third-order valence-electron chi connectivity index (χ3n) is 6.36. The lowest BCUT2D eigenvalue weighted by molar-refractivity contribution is -0.124. The van der Waals surface area contributed by atoms with Crippen LogP contribution in [0.2, 0.25) is 0 Å². The largest absolute Gasteiger partial charge is 0.371 e. The third kappa shape index (κ3) is 5.01. The molecule has 2 N–H and O–H groups in total. The van der Waals surface area contributed by atoms with Gasteiger partial charge in [-0.25, -0.2) is 13.4 Å². The average Bonchev–Trinajstić information content (AvgIpc) is 3.54. The number of amides is 1. The van der Waals surface area contributed by atoms with Crippen molar-refractivity contribution >= 4 is 49.2 Å². The number of fused-ring (bicyclic) bond motifs is 1. The van der Waals surface area contributed by atoms with Crippen molar-refractivity contribution in [3.8, 4) is 0 Å². The Morgan fingerprint density at radius 1 is 1.11 bits per heavy atom.